The quantitative estimate of drug-likeness (QED) is 0.553. The van der Waals surface area contributed by atoms with E-state index < -0.39 is 0 Å². The summed E-state index contributed by atoms with van der Waals surface area (Å²) in [7, 11) is 0. The predicted molar refractivity (Wildman–Crippen MR) is 101 cm³/mol. The molecule has 0 spiro atoms. The molecular formula is C20H17N5O2. The molecule has 1 amide bonds. The van der Waals surface area contributed by atoms with E-state index in [4.69, 9.17) is 4.42 Å². The highest BCUT2D eigenvalue weighted by Gasteiger charge is 2.09. The van der Waals surface area contributed by atoms with Crippen LogP contribution in [0.4, 0.5) is 0 Å². The zero-order valence-corrected chi connectivity index (χ0v) is 14.6. The van der Waals surface area contributed by atoms with E-state index in [-0.39, 0.29) is 11.9 Å². The van der Waals surface area contributed by atoms with Crippen LogP contribution in [0, 0.1) is 0 Å². The third-order valence-electron chi connectivity index (χ3n) is 4.12. The minimum absolute atomic E-state index is 0.143. The molecule has 4 aromatic rings. The number of fused-ring (bicyclic) bond motifs is 1. The van der Waals surface area contributed by atoms with Crippen LogP contribution < -0.4 is 5.32 Å². The molecule has 0 aliphatic rings. The van der Waals surface area contributed by atoms with Crippen molar-refractivity contribution in [1.82, 2.24) is 25.1 Å². The average Bonchev–Trinajstić information content (AvgIpc) is 3.36. The van der Waals surface area contributed by atoms with Gasteiger partial charge < -0.3 is 9.73 Å². The van der Waals surface area contributed by atoms with Gasteiger partial charge in [0.1, 0.15) is 18.2 Å². The van der Waals surface area contributed by atoms with E-state index in [1.165, 1.54) is 12.4 Å². The summed E-state index contributed by atoms with van der Waals surface area (Å²) < 4.78 is 7.24. The lowest BCUT2D eigenvalue weighted by molar-refractivity contribution is -0.117. The molecule has 0 aliphatic carbocycles. The van der Waals surface area contributed by atoms with Gasteiger partial charge in [-0.05, 0) is 36.8 Å². The maximum atomic E-state index is 12.2. The van der Waals surface area contributed by atoms with E-state index in [0.717, 1.165) is 16.8 Å². The number of amides is 1. The molecule has 0 saturated heterocycles. The molecule has 0 radical (unpaired) electrons. The maximum Gasteiger partial charge on any atom is 0.244 e. The summed E-state index contributed by atoms with van der Waals surface area (Å²) in [6.45, 7) is 1.93. The molecule has 0 saturated carbocycles. The lowest BCUT2D eigenvalue weighted by Crippen LogP contribution is -2.24. The Balaban J connectivity index is 1.39. The Kier molecular flexibility index (Phi) is 4.49. The maximum absolute atomic E-state index is 12.2. The lowest BCUT2D eigenvalue weighted by atomic mass is 10.1. The summed E-state index contributed by atoms with van der Waals surface area (Å²) in [5, 5.41) is 7.01. The van der Waals surface area contributed by atoms with Gasteiger partial charge in [-0.25, -0.2) is 14.6 Å². The highest BCUT2D eigenvalue weighted by atomic mass is 16.3. The third kappa shape index (κ3) is 3.77. The van der Waals surface area contributed by atoms with E-state index in [0.29, 0.717) is 11.5 Å². The molecule has 2 heterocycles. The number of nitrogens with zero attached hydrogens (tertiary/aromatic N) is 4. The Bertz CT molecular complexity index is 1050. The summed E-state index contributed by atoms with van der Waals surface area (Å²) in [5.74, 6) is 0.182. The summed E-state index contributed by atoms with van der Waals surface area (Å²) in [5.41, 5.74) is 3.35. The van der Waals surface area contributed by atoms with Crippen LogP contribution in [0.2, 0.25) is 0 Å². The first-order valence-corrected chi connectivity index (χ1v) is 8.48. The van der Waals surface area contributed by atoms with Crippen molar-refractivity contribution in [2.75, 3.05) is 0 Å². The first-order chi connectivity index (χ1) is 13.2. The molecule has 134 valence electrons. The van der Waals surface area contributed by atoms with Crippen molar-refractivity contribution < 1.29 is 9.21 Å². The molecule has 2 aromatic heterocycles. The highest BCUT2D eigenvalue weighted by molar-refractivity contribution is 5.91. The van der Waals surface area contributed by atoms with E-state index in [1.54, 1.807) is 17.1 Å². The van der Waals surface area contributed by atoms with Crippen molar-refractivity contribution in [3.63, 3.8) is 0 Å². The Morgan fingerprint density at radius 3 is 2.74 bits per heavy atom. The molecule has 7 nitrogen and oxygen atoms in total. The average molecular weight is 359 g/mol. The topological polar surface area (TPSA) is 85.8 Å². The number of para-hydroxylation sites is 2. The van der Waals surface area contributed by atoms with Gasteiger partial charge in [0.25, 0.3) is 0 Å². The second-order valence-electron chi connectivity index (χ2n) is 6.02. The van der Waals surface area contributed by atoms with Gasteiger partial charge in [0.15, 0.2) is 5.58 Å². The molecule has 1 atom stereocenters. The number of aromatic nitrogens is 4. The van der Waals surface area contributed by atoms with Crippen molar-refractivity contribution in [1.29, 1.82) is 0 Å². The normalized spacial score (nSPS) is 12.5. The smallest absolute Gasteiger partial charge is 0.244 e. The molecule has 2 aromatic carbocycles. The second kappa shape index (κ2) is 7.25. The fourth-order valence-corrected chi connectivity index (χ4v) is 2.71. The van der Waals surface area contributed by atoms with Gasteiger partial charge >= 0.3 is 0 Å². The van der Waals surface area contributed by atoms with Crippen LogP contribution in [0.3, 0.4) is 0 Å². The Hall–Kier alpha value is -3.74. The minimum Gasteiger partial charge on any atom is -0.437 e. The lowest BCUT2D eigenvalue weighted by Gasteiger charge is -2.13. The first kappa shape index (κ1) is 16.7. The van der Waals surface area contributed by atoms with Gasteiger partial charge in [-0.15, -0.1) is 0 Å². The summed E-state index contributed by atoms with van der Waals surface area (Å²) in [4.78, 5) is 20.4. The van der Waals surface area contributed by atoms with E-state index >= 15 is 0 Å². The van der Waals surface area contributed by atoms with Gasteiger partial charge in [0.05, 0.1) is 11.7 Å². The van der Waals surface area contributed by atoms with Crippen LogP contribution in [0.25, 0.3) is 22.9 Å². The molecule has 0 fully saturated rings. The largest absolute Gasteiger partial charge is 0.437 e. The monoisotopic (exact) mass is 359 g/mol. The fraction of sp³-hybridized carbons (Fsp3) is 0.100. The third-order valence-corrected chi connectivity index (χ3v) is 4.12. The molecular weight excluding hydrogens is 342 g/mol. The number of benzene rings is 2. The van der Waals surface area contributed by atoms with Crippen LogP contribution in [0.5, 0.6) is 0 Å². The summed E-state index contributed by atoms with van der Waals surface area (Å²) >= 11 is 0. The zero-order valence-electron chi connectivity index (χ0n) is 14.6. The van der Waals surface area contributed by atoms with Crippen molar-refractivity contribution in [2.24, 2.45) is 0 Å². The summed E-state index contributed by atoms with van der Waals surface area (Å²) in [6, 6.07) is 15.1. The number of nitrogens with one attached hydrogen (secondary N) is 1. The van der Waals surface area contributed by atoms with Gasteiger partial charge in [0, 0.05) is 12.2 Å². The van der Waals surface area contributed by atoms with Gasteiger partial charge in [-0.1, -0.05) is 24.3 Å². The van der Waals surface area contributed by atoms with Crippen LogP contribution in [0.1, 0.15) is 24.4 Å². The molecule has 0 bridgehead atoms. The van der Waals surface area contributed by atoms with Gasteiger partial charge in [0.2, 0.25) is 11.8 Å². The Morgan fingerprint density at radius 1 is 1.19 bits per heavy atom. The Labute approximate surface area is 155 Å². The standard InChI is InChI=1S/C20H17N5O2/c1-14(15-6-8-16(9-7-15)25-13-21-12-22-25)23-19(26)10-11-20-24-17-4-2-3-5-18(17)27-20/h2-14H,1H3,(H,23,26)/b11-10+. The SMILES string of the molecule is CC(NC(=O)/C=C/c1nc2ccccc2o1)c1ccc(-n2cncn2)cc1. The molecule has 7 heteroatoms. The van der Waals surface area contributed by atoms with Crippen LogP contribution >= 0.6 is 0 Å². The van der Waals surface area contributed by atoms with Crippen molar-refractivity contribution in [3.05, 3.63) is 78.7 Å². The van der Waals surface area contributed by atoms with Crippen LogP contribution in [0.15, 0.2) is 71.7 Å². The van der Waals surface area contributed by atoms with Gasteiger partial charge in [-0.2, -0.15) is 5.10 Å². The number of carbonyl (C=O) groups is 1. The molecule has 1 N–H and O–H groups in total. The van der Waals surface area contributed by atoms with E-state index in [1.807, 2.05) is 55.5 Å². The van der Waals surface area contributed by atoms with Crippen LogP contribution in [-0.2, 0) is 4.79 Å². The first-order valence-electron chi connectivity index (χ1n) is 8.48. The van der Waals surface area contributed by atoms with Crippen LogP contribution in [-0.4, -0.2) is 25.7 Å². The van der Waals surface area contributed by atoms with E-state index in [2.05, 4.69) is 20.4 Å². The minimum atomic E-state index is -0.217. The number of hydrogen-bond donors (Lipinski definition) is 1. The number of hydrogen-bond acceptors (Lipinski definition) is 5. The molecule has 4 rings (SSSR count). The summed E-state index contributed by atoms with van der Waals surface area (Å²) in [6.07, 6.45) is 6.11. The van der Waals surface area contributed by atoms with Gasteiger partial charge in [-0.3, -0.25) is 4.79 Å². The fourth-order valence-electron chi connectivity index (χ4n) is 2.71. The number of rotatable bonds is 5. The molecule has 1 unspecified atom stereocenters. The highest BCUT2D eigenvalue weighted by Crippen LogP contribution is 2.17. The molecule has 0 aliphatic heterocycles. The zero-order chi connectivity index (χ0) is 18.6. The van der Waals surface area contributed by atoms with Crippen molar-refractivity contribution in [3.8, 4) is 5.69 Å². The number of oxazole rings is 1. The van der Waals surface area contributed by atoms with Crippen molar-refractivity contribution >= 4 is 23.1 Å². The Morgan fingerprint density at radius 2 is 2.00 bits per heavy atom. The van der Waals surface area contributed by atoms with E-state index in [9.17, 15) is 4.79 Å². The number of carbonyl (C=O) groups excluding carboxylic acids is 1. The van der Waals surface area contributed by atoms with Crippen molar-refractivity contribution in [2.45, 2.75) is 13.0 Å². The predicted octanol–water partition coefficient (Wildman–Crippen LogP) is 3.30. The molecule has 27 heavy (non-hydrogen) atoms. The second-order valence-corrected chi connectivity index (χ2v) is 6.02.